The molecule has 0 aliphatic carbocycles. The fourth-order valence-corrected chi connectivity index (χ4v) is 1.96. The molecule has 0 fully saturated rings. The van der Waals surface area contributed by atoms with Crippen molar-refractivity contribution in [2.75, 3.05) is 10.5 Å². The Hall–Kier alpha value is -1.21. The third-order valence-electron chi connectivity index (χ3n) is 1.91. The molecule has 0 aliphatic rings. The molecule has 88 valence electrons. The average molecular weight is 262 g/mol. The Morgan fingerprint density at radius 1 is 1.56 bits per heavy atom. The number of anilines is 1. The summed E-state index contributed by atoms with van der Waals surface area (Å²) in [6.45, 7) is 1.47. The summed E-state index contributed by atoms with van der Waals surface area (Å²) in [5.41, 5.74) is 5.31. The summed E-state index contributed by atoms with van der Waals surface area (Å²) in [6.07, 6.45) is 0. The average Bonchev–Trinajstić information content (AvgIpc) is 2.16. The zero-order valence-corrected chi connectivity index (χ0v) is 10.2. The molecule has 3 N–H and O–H groups in total. The second-order valence-electron chi connectivity index (χ2n) is 3.03. The number of halogens is 1. The lowest BCUT2D eigenvalue weighted by Gasteiger charge is -2.11. The lowest BCUT2D eigenvalue weighted by atomic mass is 10.2. The molecule has 0 radical (unpaired) electrons. The van der Waals surface area contributed by atoms with Crippen molar-refractivity contribution in [3.8, 4) is 0 Å². The van der Waals surface area contributed by atoms with E-state index in [-0.39, 0.29) is 22.0 Å². The molecule has 0 spiro atoms. The molecule has 1 aromatic rings. The summed E-state index contributed by atoms with van der Waals surface area (Å²) < 4.78 is 38.3. The third kappa shape index (κ3) is 2.89. The molecule has 0 unspecified atom stereocenters. The van der Waals surface area contributed by atoms with Crippen molar-refractivity contribution in [2.45, 2.75) is 6.92 Å². The molecule has 0 amide bonds. The van der Waals surface area contributed by atoms with Crippen molar-refractivity contribution in [1.82, 2.24) is 0 Å². The first-order valence-electron chi connectivity index (χ1n) is 4.46. The van der Waals surface area contributed by atoms with Gasteiger partial charge >= 0.3 is 0 Å². The zero-order chi connectivity index (χ0) is 12.3. The van der Waals surface area contributed by atoms with Gasteiger partial charge in [-0.25, -0.2) is 12.8 Å². The highest BCUT2D eigenvalue weighted by Crippen LogP contribution is 2.20. The third-order valence-corrected chi connectivity index (χ3v) is 3.40. The predicted octanol–water partition coefficient (Wildman–Crippen LogP) is 1.22. The van der Waals surface area contributed by atoms with Gasteiger partial charge in [0, 0.05) is 0 Å². The van der Waals surface area contributed by atoms with Gasteiger partial charge in [-0.3, -0.25) is 4.72 Å². The lowest BCUT2D eigenvalue weighted by molar-refractivity contribution is 0.602. The molecule has 16 heavy (non-hydrogen) atoms. The Bertz CT molecular complexity index is 514. The van der Waals surface area contributed by atoms with Crippen LogP contribution in [-0.4, -0.2) is 19.2 Å². The van der Waals surface area contributed by atoms with Crippen molar-refractivity contribution in [3.05, 3.63) is 29.6 Å². The van der Waals surface area contributed by atoms with E-state index in [9.17, 15) is 12.8 Å². The van der Waals surface area contributed by atoms with Crippen LogP contribution in [0.4, 0.5) is 10.1 Å². The van der Waals surface area contributed by atoms with Gasteiger partial charge < -0.3 is 5.73 Å². The molecule has 0 heterocycles. The molecule has 0 aromatic heterocycles. The number of nitrogens with one attached hydrogen (secondary N) is 1. The Labute approximate surface area is 98.7 Å². The van der Waals surface area contributed by atoms with Gasteiger partial charge in [-0.05, 0) is 19.1 Å². The first-order chi connectivity index (χ1) is 7.37. The minimum atomic E-state index is -3.48. The largest absolute Gasteiger partial charge is 0.389 e. The van der Waals surface area contributed by atoms with Crippen LogP contribution in [0.1, 0.15) is 12.5 Å². The van der Waals surface area contributed by atoms with Gasteiger partial charge in [-0.15, -0.1) is 0 Å². The Balaban J connectivity index is 3.25. The molecule has 0 saturated carbocycles. The molecule has 0 saturated heterocycles. The molecular formula is C9H11FN2O2S2. The van der Waals surface area contributed by atoms with E-state index in [1.165, 1.54) is 19.1 Å². The first-order valence-corrected chi connectivity index (χ1v) is 6.52. The van der Waals surface area contributed by atoms with Crippen LogP contribution >= 0.6 is 12.2 Å². The van der Waals surface area contributed by atoms with E-state index in [1.807, 2.05) is 0 Å². The minimum Gasteiger partial charge on any atom is -0.389 e. The summed E-state index contributed by atoms with van der Waals surface area (Å²) >= 11 is 4.67. The highest BCUT2D eigenvalue weighted by atomic mass is 32.2. The van der Waals surface area contributed by atoms with Gasteiger partial charge in [-0.2, -0.15) is 0 Å². The van der Waals surface area contributed by atoms with E-state index in [2.05, 4.69) is 16.9 Å². The maximum absolute atomic E-state index is 13.4. The number of thiocarbonyl (C=S) groups is 1. The summed E-state index contributed by atoms with van der Waals surface area (Å²) in [4.78, 5) is -0.188. The smallest absolute Gasteiger partial charge is 0.232 e. The van der Waals surface area contributed by atoms with Gasteiger partial charge in [-0.1, -0.05) is 18.3 Å². The van der Waals surface area contributed by atoms with Crippen molar-refractivity contribution in [2.24, 2.45) is 5.73 Å². The Morgan fingerprint density at radius 2 is 2.19 bits per heavy atom. The van der Waals surface area contributed by atoms with E-state index in [0.29, 0.717) is 0 Å². The van der Waals surface area contributed by atoms with Crippen molar-refractivity contribution < 1.29 is 12.8 Å². The number of hydrogen-bond acceptors (Lipinski definition) is 3. The topological polar surface area (TPSA) is 72.2 Å². The van der Waals surface area contributed by atoms with Crippen LogP contribution in [-0.2, 0) is 10.0 Å². The van der Waals surface area contributed by atoms with E-state index in [0.717, 1.165) is 6.07 Å². The van der Waals surface area contributed by atoms with Gasteiger partial charge in [0.2, 0.25) is 10.0 Å². The van der Waals surface area contributed by atoms with Crippen LogP contribution in [0, 0.1) is 5.82 Å². The molecule has 1 rings (SSSR count). The number of rotatable bonds is 4. The van der Waals surface area contributed by atoms with Crippen LogP contribution in [0.5, 0.6) is 0 Å². The summed E-state index contributed by atoms with van der Waals surface area (Å²) in [5.74, 6) is -0.760. The summed E-state index contributed by atoms with van der Waals surface area (Å²) in [5, 5.41) is 0. The molecule has 0 bridgehead atoms. The molecule has 7 heteroatoms. The molecule has 1 aromatic carbocycles. The second kappa shape index (κ2) is 4.75. The highest BCUT2D eigenvalue weighted by Gasteiger charge is 2.15. The summed E-state index contributed by atoms with van der Waals surface area (Å²) in [6, 6.07) is 3.95. The van der Waals surface area contributed by atoms with Crippen molar-refractivity contribution in [1.29, 1.82) is 0 Å². The SMILES string of the molecule is CCS(=O)(=O)Nc1cccc(F)c1C(N)=S. The monoisotopic (exact) mass is 262 g/mol. The molecule has 0 atom stereocenters. The van der Waals surface area contributed by atoms with Crippen LogP contribution < -0.4 is 10.5 Å². The predicted molar refractivity (Wildman–Crippen MR) is 65.4 cm³/mol. The zero-order valence-electron chi connectivity index (χ0n) is 8.53. The van der Waals surface area contributed by atoms with Gasteiger partial charge in [0.25, 0.3) is 0 Å². The van der Waals surface area contributed by atoms with Crippen molar-refractivity contribution >= 4 is 32.9 Å². The second-order valence-corrected chi connectivity index (χ2v) is 5.48. The standard InChI is InChI=1S/C9H11FN2O2S2/c1-2-16(13,14)12-7-5-3-4-6(10)8(7)9(11)15/h3-5,12H,2H2,1H3,(H2,11,15). The molecule has 0 aliphatic heterocycles. The van der Waals surface area contributed by atoms with E-state index >= 15 is 0 Å². The Morgan fingerprint density at radius 3 is 2.69 bits per heavy atom. The van der Waals surface area contributed by atoms with Crippen LogP contribution in [0.25, 0.3) is 0 Å². The van der Waals surface area contributed by atoms with E-state index in [4.69, 9.17) is 5.73 Å². The van der Waals surface area contributed by atoms with Crippen LogP contribution in [0.3, 0.4) is 0 Å². The van der Waals surface area contributed by atoms with E-state index in [1.54, 1.807) is 0 Å². The normalized spacial score (nSPS) is 11.1. The highest BCUT2D eigenvalue weighted by molar-refractivity contribution is 7.92. The summed E-state index contributed by atoms with van der Waals surface area (Å²) in [7, 11) is -3.48. The number of benzene rings is 1. The number of sulfonamides is 1. The van der Waals surface area contributed by atoms with Crippen molar-refractivity contribution in [3.63, 3.8) is 0 Å². The fraction of sp³-hybridized carbons (Fsp3) is 0.222. The quantitative estimate of drug-likeness (QED) is 0.800. The van der Waals surface area contributed by atoms with Gasteiger partial charge in [0.15, 0.2) is 0 Å². The maximum atomic E-state index is 13.4. The Kier molecular flexibility index (Phi) is 3.82. The number of hydrogen-bond donors (Lipinski definition) is 2. The first kappa shape index (κ1) is 12.9. The fourth-order valence-electron chi connectivity index (χ4n) is 1.10. The molecular weight excluding hydrogens is 251 g/mol. The van der Waals surface area contributed by atoms with Gasteiger partial charge in [0.05, 0.1) is 17.0 Å². The molecule has 4 nitrogen and oxygen atoms in total. The van der Waals surface area contributed by atoms with Gasteiger partial charge in [0.1, 0.15) is 10.8 Å². The minimum absolute atomic E-state index is 0.0642. The number of nitrogens with two attached hydrogens (primary N) is 1. The van der Waals surface area contributed by atoms with Crippen LogP contribution in [0.15, 0.2) is 18.2 Å². The maximum Gasteiger partial charge on any atom is 0.232 e. The van der Waals surface area contributed by atoms with E-state index < -0.39 is 15.8 Å². The van der Waals surface area contributed by atoms with Crippen LogP contribution in [0.2, 0.25) is 0 Å². The lowest BCUT2D eigenvalue weighted by Crippen LogP contribution is -2.20.